The number of hydrogen-bond donors (Lipinski definition) is 0. The molecule has 0 atom stereocenters. The quantitative estimate of drug-likeness (QED) is 0.236. The molecule has 0 spiro atoms. The molecule has 0 aromatic heterocycles. The van der Waals surface area contributed by atoms with E-state index in [4.69, 9.17) is 0 Å². The fourth-order valence-electron chi connectivity index (χ4n) is 4.60. The van der Waals surface area contributed by atoms with Crippen LogP contribution in [0.5, 0.6) is 0 Å². The summed E-state index contributed by atoms with van der Waals surface area (Å²) in [7, 11) is 0. The van der Waals surface area contributed by atoms with Crippen LogP contribution in [0.4, 0.5) is 0 Å². The van der Waals surface area contributed by atoms with Gasteiger partial charge in [0, 0.05) is 16.3 Å². The predicted octanol–water partition coefficient (Wildman–Crippen LogP) is 5.58. The van der Waals surface area contributed by atoms with Gasteiger partial charge in [-0.25, -0.2) is 0 Å². The van der Waals surface area contributed by atoms with Crippen LogP contribution < -0.4 is 10.9 Å². The molecule has 5 aromatic rings. The van der Waals surface area contributed by atoms with E-state index >= 15 is 0 Å². The maximum atomic E-state index is 13.3. The Morgan fingerprint density at radius 1 is 0.667 bits per heavy atom. The van der Waals surface area contributed by atoms with Crippen molar-refractivity contribution in [3.8, 4) is 0 Å². The van der Waals surface area contributed by atoms with E-state index in [0.717, 1.165) is 44.1 Å². The molecule has 0 aliphatic heterocycles. The summed E-state index contributed by atoms with van der Waals surface area (Å²) in [6, 6.07) is 18.3. The van der Waals surface area contributed by atoms with E-state index in [2.05, 4.69) is 51.1 Å². The molecule has 0 aliphatic carbocycles. The van der Waals surface area contributed by atoms with Crippen molar-refractivity contribution in [2.45, 2.75) is 32.6 Å². The van der Waals surface area contributed by atoms with Crippen molar-refractivity contribution in [1.82, 2.24) is 0 Å². The second kappa shape index (κ2) is 5.26. The Morgan fingerprint density at radius 3 is 1.89 bits per heavy atom. The van der Waals surface area contributed by atoms with Crippen molar-refractivity contribution >= 4 is 43.1 Å². The van der Waals surface area contributed by atoms with Gasteiger partial charge >= 0.3 is 0 Å². The van der Waals surface area contributed by atoms with E-state index < -0.39 is 0 Å². The smallest absolute Gasteiger partial charge is 0.234 e. The molecule has 132 valence electrons. The standard InChI is InChI=1S/C25H20O2/c1-4-25(2,3)22-18-13-7-11-16-15-10-5-8-14-9-6-12-17(19(14)15)21(20(16)18)23(26)24(22)27/h5-13H,4H2,1-3H3. The van der Waals surface area contributed by atoms with E-state index in [1.807, 2.05) is 24.3 Å². The monoisotopic (exact) mass is 352 g/mol. The Bertz CT molecular complexity index is 1460. The molecule has 0 N–H and O–H groups in total. The van der Waals surface area contributed by atoms with Crippen LogP contribution in [0.15, 0.2) is 64.2 Å². The van der Waals surface area contributed by atoms with Crippen LogP contribution in [0.3, 0.4) is 0 Å². The zero-order valence-corrected chi connectivity index (χ0v) is 15.7. The molecule has 0 saturated heterocycles. The molecule has 0 radical (unpaired) electrons. The Labute approximate surface area is 156 Å². The topological polar surface area (TPSA) is 34.1 Å². The van der Waals surface area contributed by atoms with E-state index in [1.165, 1.54) is 0 Å². The summed E-state index contributed by atoms with van der Waals surface area (Å²) < 4.78 is 0. The summed E-state index contributed by atoms with van der Waals surface area (Å²) in [6.07, 6.45) is 0.798. The highest BCUT2D eigenvalue weighted by Crippen LogP contribution is 2.40. The van der Waals surface area contributed by atoms with Crippen LogP contribution >= 0.6 is 0 Å². The lowest BCUT2D eigenvalue weighted by Crippen LogP contribution is -2.35. The minimum atomic E-state index is -0.367. The van der Waals surface area contributed by atoms with Gasteiger partial charge in [-0.2, -0.15) is 0 Å². The number of benzene rings is 5. The molecule has 5 rings (SSSR count). The van der Waals surface area contributed by atoms with Crippen LogP contribution in [0, 0.1) is 0 Å². The van der Waals surface area contributed by atoms with Gasteiger partial charge in [0.25, 0.3) is 0 Å². The molecule has 0 saturated carbocycles. The summed E-state index contributed by atoms with van der Waals surface area (Å²) >= 11 is 0. The van der Waals surface area contributed by atoms with E-state index in [9.17, 15) is 9.59 Å². The second-order valence-electron chi connectivity index (χ2n) is 8.08. The van der Waals surface area contributed by atoms with E-state index in [0.29, 0.717) is 10.9 Å². The minimum Gasteiger partial charge on any atom is -0.285 e. The average molecular weight is 352 g/mol. The third-order valence-corrected chi connectivity index (χ3v) is 6.27. The maximum Gasteiger partial charge on any atom is 0.234 e. The SMILES string of the molecule is CCC(C)(C)c1c(=O)c(=O)c2c3cccc4cccc(c5cccc1c52)c43. The van der Waals surface area contributed by atoms with E-state index in [-0.39, 0.29) is 16.3 Å². The summed E-state index contributed by atoms with van der Waals surface area (Å²) in [4.78, 5) is 26.5. The van der Waals surface area contributed by atoms with Crippen molar-refractivity contribution in [3.63, 3.8) is 0 Å². The number of fused-ring (bicyclic) bond motifs is 2. The molecule has 2 nitrogen and oxygen atoms in total. The summed E-state index contributed by atoms with van der Waals surface area (Å²) in [6.45, 7) is 6.17. The zero-order valence-electron chi connectivity index (χ0n) is 15.7. The molecule has 0 fully saturated rings. The Hall–Kier alpha value is -3.00. The second-order valence-corrected chi connectivity index (χ2v) is 8.08. The fraction of sp³-hybridized carbons (Fsp3) is 0.200. The third-order valence-electron chi connectivity index (χ3n) is 6.27. The van der Waals surface area contributed by atoms with Gasteiger partial charge in [0.05, 0.1) is 0 Å². The lowest BCUT2D eigenvalue weighted by molar-refractivity contribution is 0.507. The molecule has 0 amide bonds. The Morgan fingerprint density at radius 2 is 1.22 bits per heavy atom. The minimum absolute atomic E-state index is 0.349. The third kappa shape index (κ3) is 1.96. The van der Waals surface area contributed by atoms with Crippen LogP contribution in [0.1, 0.15) is 32.8 Å². The van der Waals surface area contributed by atoms with Gasteiger partial charge in [-0.05, 0) is 44.2 Å². The first-order valence-corrected chi connectivity index (χ1v) is 9.45. The van der Waals surface area contributed by atoms with Crippen molar-refractivity contribution in [2.75, 3.05) is 0 Å². The first-order valence-electron chi connectivity index (χ1n) is 9.45. The Balaban J connectivity index is 2.23. The normalized spacial score (nSPS) is 12.7. The fourth-order valence-corrected chi connectivity index (χ4v) is 4.60. The molecule has 5 aromatic carbocycles. The molecule has 2 heteroatoms. The van der Waals surface area contributed by atoms with E-state index in [1.54, 1.807) is 0 Å². The van der Waals surface area contributed by atoms with Gasteiger partial charge in [-0.15, -0.1) is 0 Å². The predicted molar refractivity (Wildman–Crippen MR) is 115 cm³/mol. The number of hydrogen-bond acceptors (Lipinski definition) is 2. The zero-order chi connectivity index (χ0) is 18.9. The van der Waals surface area contributed by atoms with Crippen LogP contribution in [-0.2, 0) is 5.41 Å². The largest absolute Gasteiger partial charge is 0.285 e. The van der Waals surface area contributed by atoms with Crippen molar-refractivity contribution < 1.29 is 0 Å². The molecule has 0 bridgehead atoms. The molecular formula is C25H20O2. The Kier molecular flexibility index (Phi) is 3.16. The highest BCUT2D eigenvalue weighted by molar-refractivity contribution is 6.33. The molecule has 27 heavy (non-hydrogen) atoms. The van der Waals surface area contributed by atoms with Crippen molar-refractivity contribution in [2.24, 2.45) is 0 Å². The highest BCUT2D eigenvalue weighted by atomic mass is 16.2. The van der Waals surface area contributed by atoms with Crippen LogP contribution in [-0.4, -0.2) is 0 Å². The first-order chi connectivity index (χ1) is 13.0. The molecule has 0 heterocycles. The number of rotatable bonds is 2. The first kappa shape index (κ1) is 16.2. The van der Waals surface area contributed by atoms with Gasteiger partial charge in [0.2, 0.25) is 10.9 Å². The van der Waals surface area contributed by atoms with Gasteiger partial charge in [0.1, 0.15) is 0 Å². The summed E-state index contributed by atoms with van der Waals surface area (Å²) in [5, 5.41) is 7.67. The highest BCUT2D eigenvalue weighted by Gasteiger charge is 2.28. The summed E-state index contributed by atoms with van der Waals surface area (Å²) in [5.74, 6) is 0. The van der Waals surface area contributed by atoms with Gasteiger partial charge in [0.15, 0.2) is 0 Å². The summed E-state index contributed by atoms with van der Waals surface area (Å²) in [5.41, 5.74) is -0.412. The van der Waals surface area contributed by atoms with Crippen LogP contribution in [0.2, 0.25) is 0 Å². The van der Waals surface area contributed by atoms with Gasteiger partial charge in [-0.3, -0.25) is 9.59 Å². The molecule has 0 aliphatic rings. The van der Waals surface area contributed by atoms with Crippen molar-refractivity contribution in [1.29, 1.82) is 0 Å². The average Bonchev–Trinajstić information content (AvgIpc) is 2.68. The van der Waals surface area contributed by atoms with Gasteiger partial charge < -0.3 is 0 Å². The lowest BCUT2D eigenvalue weighted by Gasteiger charge is -2.25. The lowest BCUT2D eigenvalue weighted by atomic mass is 9.77. The maximum absolute atomic E-state index is 13.3. The van der Waals surface area contributed by atoms with Crippen molar-refractivity contribution in [3.05, 3.63) is 80.6 Å². The van der Waals surface area contributed by atoms with Crippen LogP contribution in [0.25, 0.3) is 43.1 Å². The molecular weight excluding hydrogens is 332 g/mol. The molecule has 0 unspecified atom stereocenters. The van der Waals surface area contributed by atoms with Gasteiger partial charge in [-0.1, -0.05) is 75.4 Å².